The van der Waals surface area contributed by atoms with Crippen molar-refractivity contribution in [3.8, 4) is 16.9 Å². The molecule has 0 saturated carbocycles. The zero-order chi connectivity index (χ0) is 16.5. The summed E-state index contributed by atoms with van der Waals surface area (Å²) in [5, 5.41) is 9.19. The van der Waals surface area contributed by atoms with E-state index in [2.05, 4.69) is 4.72 Å². The molecule has 6 heteroatoms. The summed E-state index contributed by atoms with van der Waals surface area (Å²) in [5.41, 5.74) is 0.647. The van der Waals surface area contributed by atoms with E-state index >= 15 is 0 Å². The lowest BCUT2D eigenvalue weighted by molar-refractivity contribution is 0.432. The Morgan fingerprint density at radius 2 is 1.55 bits per heavy atom. The van der Waals surface area contributed by atoms with Crippen molar-refractivity contribution in [1.29, 1.82) is 0 Å². The van der Waals surface area contributed by atoms with Crippen LogP contribution in [-0.2, 0) is 10.0 Å². The average Bonchev–Trinajstić information content (AvgIpc) is 2.39. The standard InChI is InChI=1S/C16H18FNO3S/c1-16(2,3)18-22(20,21)13-7-4-11(5-8-13)12-6-9-15(19)14(17)10-12/h4-10,18-19H,1-3H3. The molecule has 0 fully saturated rings. The van der Waals surface area contributed by atoms with E-state index in [1.54, 1.807) is 39.0 Å². The van der Waals surface area contributed by atoms with Crippen LogP contribution >= 0.6 is 0 Å². The number of phenolic OH excluding ortho intramolecular Hbond substituents is 1. The summed E-state index contributed by atoms with van der Waals surface area (Å²) in [6.45, 7) is 5.29. The molecule has 0 radical (unpaired) electrons. The summed E-state index contributed by atoms with van der Waals surface area (Å²) >= 11 is 0. The molecule has 0 aliphatic carbocycles. The number of aromatic hydroxyl groups is 1. The fraction of sp³-hybridized carbons (Fsp3) is 0.250. The van der Waals surface area contributed by atoms with E-state index in [1.807, 2.05) is 0 Å². The molecule has 0 aromatic heterocycles. The lowest BCUT2D eigenvalue weighted by Crippen LogP contribution is -2.40. The highest BCUT2D eigenvalue weighted by molar-refractivity contribution is 7.89. The molecule has 0 heterocycles. The van der Waals surface area contributed by atoms with E-state index in [1.165, 1.54) is 24.3 Å². The van der Waals surface area contributed by atoms with Crippen LogP contribution in [0.15, 0.2) is 47.4 Å². The Bertz CT molecular complexity index is 778. The fourth-order valence-electron chi connectivity index (χ4n) is 1.98. The number of halogens is 1. The highest BCUT2D eigenvalue weighted by Gasteiger charge is 2.21. The Hall–Kier alpha value is -1.92. The number of benzene rings is 2. The van der Waals surface area contributed by atoms with Gasteiger partial charge in [0.05, 0.1) is 4.90 Å². The van der Waals surface area contributed by atoms with Gasteiger partial charge in [-0.05, 0) is 56.2 Å². The van der Waals surface area contributed by atoms with E-state index in [0.29, 0.717) is 11.1 Å². The van der Waals surface area contributed by atoms with Gasteiger partial charge in [0.15, 0.2) is 11.6 Å². The topological polar surface area (TPSA) is 66.4 Å². The van der Waals surface area contributed by atoms with Crippen molar-refractivity contribution in [2.45, 2.75) is 31.2 Å². The van der Waals surface area contributed by atoms with Gasteiger partial charge in [-0.25, -0.2) is 17.5 Å². The first kappa shape index (κ1) is 16.5. The number of hydrogen-bond acceptors (Lipinski definition) is 3. The lowest BCUT2D eigenvalue weighted by atomic mass is 10.1. The van der Waals surface area contributed by atoms with Crippen LogP contribution in [0.25, 0.3) is 11.1 Å². The number of hydrogen-bond donors (Lipinski definition) is 2. The first-order valence-corrected chi connectivity index (χ1v) is 8.20. The zero-order valence-corrected chi connectivity index (χ0v) is 13.4. The quantitative estimate of drug-likeness (QED) is 0.911. The van der Waals surface area contributed by atoms with Gasteiger partial charge in [-0.15, -0.1) is 0 Å². The second-order valence-corrected chi connectivity index (χ2v) is 7.73. The molecule has 118 valence electrons. The number of nitrogens with one attached hydrogen (secondary N) is 1. The second-order valence-electron chi connectivity index (χ2n) is 6.05. The molecule has 0 spiro atoms. The third-order valence-electron chi connectivity index (χ3n) is 2.89. The number of sulfonamides is 1. The second kappa shape index (κ2) is 5.70. The van der Waals surface area contributed by atoms with Crippen molar-refractivity contribution in [1.82, 2.24) is 4.72 Å². The maximum Gasteiger partial charge on any atom is 0.241 e. The molecule has 2 N–H and O–H groups in total. The normalized spacial score (nSPS) is 12.4. The highest BCUT2D eigenvalue weighted by Crippen LogP contribution is 2.26. The Kier molecular flexibility index (Phi) is 4.26. The van der Waals surface area contributed by atoms with Crippen LogP contribution in [0.4, 0.5) is 4.39 Å². The van der Waals surface area contributed by atoms with E-state index < -0.39 is 27.1 Å². The van der Waals surface area contributed by atoms with Crippen molar-refractivity contribution in [2.24, 2.45) is 0 Å². The van der Waals surface area contributed by atoms with Crippen LogP contribution in [0.5, 0.6) is 5.75 Å². The lowest BCUT2D eigenvalue weighted by Gasteiger charge is -2.20. The molecule has 0 amide bonds. The zero-order valence-electron chi connectivity index (χ0n) is 12.6. The maximum atomic E-state index is 13.4. The molecule has 2 aromatic carbocycles. The van der Waals surface area contributed by atoms with Crippen LogP contribution in [0.2, 0.25) is 0 Å². The molecular weight excluding hydrogens is 305 g/mol. The molecule has 0 atom stereocenters. The van der Waals surface area contributed by atoms with Gasteiger partial charge in [0.1, 0.15) is 0 Å². The molecule has 0 unspecified atom stereocenters. The van der Waals surface area contributed by atoms with Crippen molar-refractivity contribution >= 4 is 10.0 Å². The SMILES string of the molecule is CC(C)(C)NS(=O)(=O)c1ccc(-c2ccc(O)c(F)c2)cc1. The predicted octanol–water partition coefficient (Wildman–Crippen LogP) is 3.28. The third kappa shape index (κ3) is 3.84. The molecular formula is C16H18FNO3S. The summed E-state index contributed by atoms with van der Waals surface area (Å²) in [7, 11) is -3.60. The molecule has 0 saturated heterocycles. The molecule has 0 aliphatic heterocycles. The number of phenols is 1. The average molecular weight is 323 g/mol. The summed E-state index contributed by atoms with van der Waals surface area (Å²) in [6.07, 6.45) is 0. The van der Waals surface area contributed by atoms with Crippen molar-refractivity contribution < 1.29 is 17.9 Å². The molecule has 2 aromatic rings. The number of rotatable bonds is 3. The Balaban J connectivity index is 2.32. The molecule has 4 nitrogen and oxygen atoms in total. The minimum atomic E-state index is -3.60. The van der Waals surface area contributed by atoms with Crippen LogP contribution in [-0.4, -0.2) is 19.1 Å². The van der Waals surface area contributed by atoms with Crippen molar-refractivity contribution in [2.75, 3.05) is 0 Å². The minimum Gasteiger partial charge on any atom is -0.505 e. The van der Waals surface area contributed by atoms with Gasteiger partial charge in [0.2, 0.25) is 10.0 Å². The van der Waals surface area contributed by atoms with Crippen LogP contribution in [0, 0.1) is 5.82 Å². The predicted molar refractivity (Wildman–Crippen MR) is 83.6 cm³/mol. The molecule has 2 rings (SSSR count). The van der Waals surface area contributed by atoms with Gasteiger partial charge in [-0.3, -0.25) is 0 Å². The monoisotopic (exact) mass is 323 g/mol. The molecule has 22 heavy (non-hydrogen) atoms. The summed E-state index contributed by atoms with van der Waals surface area (Å²) in [5.74, 6) is -1.14. The van der Waals surface area contributed by atoms with Crippen molar-refractivity contribution in [3.63, 3.8) is 0 Å². The van der Waals surface area contributed by atoms with Gasteiger partial charge in [0, 0.05) is 5.54 Å². The molecule has 0 bridgehead atoms. The first-order valence-electron chi connectivity index (χ1n) is 6.71. The Morgan fingerprint density at radius 1 is 1.00 bits per heavy atom. The maximum absolute atomic E-state index is 13.4. The summed E-state index contributed by atoms with van der Waals surface area (Å²) < 4.78 is 40.3. The van der Waals surface area contributed by atoms with E-state index in [4.69, 9.17) is 0 Å². The Labute approximate surface area is 129 Å². The summed E-state index contributed by atoms with van der Waals surface area (Å²) in [6, 6.07) is 10.2. The van der Waals surface area contributed by atoms with E-state index in [9.17, 15) is 17.9 Å². The van der Waals surface area contributed by atoms with Gasteiger partial charge in [0.25, 0.3) is 0 Å². The molecule has 0 aliphatic rings. The fourth-order valence-corrected chi connectivity index (χ4v) is 3.39. The van der Waals surface area contributed by atoms with Crippen LogP contribution in [0.3, 0.4) is 0 Å². The van der Waals surface area contributed by atoms with Crippen molar-refractivity contribution in [3.05, 3.63) is 48.3 Å². The van der Waals surface area contributed by atoms with E-state index in [-0.39, 0.29) is 4.90 Å². The summed E-state index contributed by atoms with van der Waals surface area (Å²) in [4.78, 5) is 0.144. The minimum absolute atomic E-state index is 0.144. The Morgan fingerprint density at radius 3 is 2.05 bits per heavy atom. The van der Waals surface area contributed by atoms with Crippen LogP contribution < -0.4 is 4.72 Å². The largest absolute Gasteiger partial charge is 0.505 e. The van der Waals surface area contributed by atoms with Crippen LogP contribution in [0.1, 0.15) is 20.8 Å². The van der Waals surface area contributed by atoms with Gasteiger partial charge >= 0.3 is 0 Å². The first-order chi connectivity index (χ1) is 10.1. The third-order valence-corrected chi connectivity index (χ3v) is 4.66. The highest BCUT2D eigenvalue weighted by atomic mass is 32.2. The van der Waals surface area contributed by atoms with E-state index in [0.717, 1.165) is 0 Å². The van der Waals surface area contributed by atoms with Gasteiger partial charge < -0.3 is 5.11 Å². The smallest absolute Gasteiger partial charge is 0.241 e. The van der Waals surface area contributed by atoms with Gasteiger partial charge in [-0.2, -0.15) is 0 Å². The van der Waals surface area contributed by atoms with Gasteiger partial charge in [-0.1, -0.05) is 18.2 Å².